The van der Waals surface area contributed by atoms with Crippen molar-refractivity contribution in [1.29, 1.82) is 0 Å². The minimum absolute atomic E-state index is 0.797. The molecule has 0 radical (unpaired) electrons. The summed E-state index contributed by atoms with van der Waals surface area (Å²) in [7, 11) is 2.36. The highest BCUT2D eigenvalue weighted by atomic mass is 15.2. The highest BCUT2D eigenvalue weighted by molar-refractivity contribution is 4.95. The minimum atomic E-state index is 0.797. The van der Waals surface area contributed by atoms with Crippen molar-refractivity contribution in [2.24, 2.45) is 11.8 Å². The van der Waals surface area contributed by atoms with E-state index in [1.807, 2.05) is 0 Å². The van der Waals surface area contributed by atoms with Crippen molar-refractivity contribution < 1.29 is 0 Å². The molecule has 3 rings (SSSR count). The molecular formula is C17H32N2. The molecule has 1 saturated carbocycles. The minimum Gasteiger partial charge on any atom is -0.311 e. The lowest BCUT2D eigenvalue weighted by Gasteiger charge is -2.48. The molecule has 2 heterocycles. The molecule has 0 aromatic heterocycles. The van der Waals surface area contributed by atoms with Gasteiger partial charge in [0.15, 0.2) is 0 Å². The van der Waals surface area contributed by atoms with Gasteiger partial charge in [0.2, 0.25) is 0 Å². The Morgan fingerprint density at radius 1 is 0.895 bits per heavy atom. The summed E-state index contributed by atoms with van der Waals surface area (Å²) in [6.07, 6.45) is 11.4. The molecule has 0 amide bonds. The Bertz CT molecular complexity index is 290. The molecule has 0 aromatic carbocycles. The maximum atomic E-state index is 4.05. The Kier molecular flexibility index (Phi) is 4.19. The van der Waals surface area contributed by atoms with Gasteiger partial charge in [-0.2, -0.15) is 0 Å². The van der Waals surface area contributed by atoms with E-state index in [1.165, 1.54) is 51.4 Å². The van der Waals surface area contributed by atoms with Crippen molar-refractivity contribution in [2.45, 2.75) is 89.4 Å². The number of rotatable bonds is 2. The van der Waals surface area contributed by atoms with Gasteiger partial charge >= 0.3 is 0 Å². The van der Waals surface area contributed by atoms with Gasteiger partial charge in [0, 0.05) is 24.2 Å². The summed E-state index contributed by atoms with van der Waals surface area (Å²) in [6.45, 7) is 4.88. The first-order chi connectivity index (χ1) is 9.13. The van der Waals surface area contributed by atoms with Gasteiger partial charge in [-0.05, 0) is 63.8 Å². The quantitative estimate of drug-likeness (QED) is 0.822. The Labute approximate surface area is 119 Å². The van der Waals surface area contributed by atoms with Crippen molar-refractivity contribution >= 4 is 0 Å². The molecular weight excluding hydrogens is 232 g/mol. The van der Waals surface area contributed by atoms with E-state index in [0.29, 0.717) is 0 Å². The van der Waals surface area contributed by atoms with Crippen LogP contribution in [0.1, 0.15) is 65.2 Å². The van der Waals surface area contributed by atoms with Gasteiger partial charge in [0.05, 0.1) is 0 Å². The second kappa shape index (κ2) is 5.73. The van der Waals surface area contributed by atoms with E-state index in [9.17, 15) is 0 Å². The van der Waals surface area contributed by atoms with Crippen LogP contribution in [0, 0.1) is 11.8 Å². The first-order valence-electron chi connectivity index (χ1n) is 8.61. The third-order valence-corrected chi connectivity index (χ3v) is 6.22. The molecule has 0 aromatic rings. The summed E-state index contributed by atoms with van der Waals surface area (Å²) < 4.78 is 0. The highest BCUT2D eigenvalue weighted by Crippen LogP contribution is 2.34. The van der Waals surface area contributed by atoms with Crippen LogP contribution in [0.15, 0.2) is 0 Å². The van der Waals surface area contributed by atoms with Gasteiger partial charge in [-0.25, -0.2) is 0 Å². The van der Waals surface area contributed by atoms with Gasteiger partial charge in [-0.15, -0.1) is 0 Å². The second-order valence-corrected chi connectivity index (χ2v) is 7.74. The summed E-state index contributed by atoms with van der Waals surface area (Å²) in [5.74, 6) is 1.83. The number of fused-ring (bicyclic) bond motifs is 2. The van der Waals surface area contributed by atoms with Crippen LogP contribution in [0.2, 0.25) is 0 Å². The van der Waals surface area contributed by atoms with Gasteiger partial charge < -0.3 is 10.2 Å². The lowest BCUT2D eigenvalue weighted by Crippen LogP contribution is -2.57. The molecule has 2 aliphatic heterocycles. The Hall–Kier alpha value is -0.0800. The molecule has 19 heavy (non-hydrogen) atoms. The van der Waals surface area contributed by atoms with E-state index in [1.54, 1.807) is 0 Å². The predicted molar refractivity (Wildman–Crippen MR) is 81.3 cm³/mol. The van der Waals surface area contributed by atoms with Crippen LogP contribution in [0.25, 0.3) is 0 Å². The fourth-order valence-electron chi connectivity index (χ4n) is 4.97. The third-order valence-electron chi connectivity index (χ3n) is 6.22. The number of piperidine rings is 2. The fraction of sp³-hybridized carbons (Fsp3) is 1.00. The van der Waals surface area contributed by atoms with E-state index in [-0.39, 0.29) is 0 Å². The molecule has 1 aliphatic carbocycles. The molecule has 3 aliphatic rings. The summed E-state index contributed by atoms with van der Waals surface area (Å²) in [5, 5.41) is 4.05. The monoisotopic (exact) mass is 264 g/mol. The van der Waals surface area contributed by atoms with Crippen LogP contribution in [-0.4, -0.2) is 36.1 Å². The first kappa shape index (κ1) is 13.9. The summed E-state index contributed by atoms with van der Waals surface area (Å²) in [5.41, 5.74) is 0. The standard InChI is InChI=1S/C17H32N2/c1-12-7-8-17(13(2)9-12)18-14-10-15-5-4-6-16(11-14)19(15)3/h12-18H,4-11H2,1-3H3. The molecule has 2 bridgehead atoms. The topological polar surface area (TPSA) is 15.3 Å². The lowest BCUT2D eigenvalue weighted by atomic mass is 9.77. The van der Waals surface area contributed by atoms with Crippen LogP contribution in [0.3, 0.4) is 0 Å². The van der Waals surface area contributed by atoms with E-state index in [0.717, 1.165) is 36.0 Å². The number of nitrogens with zero attached hydrogens (tertiary/aromatic N) is 1. The van der Waals surface area contributed by atoms with Crippen LogP contribution in [0.4, 0.5) is 0 Å². The molecule has 5 atom stereocenters. The maximum Gasteiger partial charge on any atom is 0.0110 e. The van der Waals surface area contributed by atoms with Gasteiger partial charge in [-0.3, -0.25) is 0 Å². The molecule has 110 valence electrons. The smallest absolute Gasteiger partial charge is 0.0110 e. The van der Waals surface area contributed by atoms with Crippen LogP contribution < -0.4 is 5.32 Å². The van der Waals surface area contributed by atoms with Crippen molar-refractivity contribution in [2.75, 3.05) is 7.05 Å². The van der Waals surface area contributed by atoms with Gasteiger partial charge in [-0.1, -0.05) is 20.3 Å². The van der Waals surface area contributed by atoms with Crippen molar-refractivity contribution in [3.8, 4) is 0 Å². The van der Waals surface area contributed by atoms with E-state index < -0.39 is 0 Å². The Morgan fingerprint density at radius 3 is 2.21 bits per heavy atom. The zero-order valence-corrected chi connectivity index (χ0v) is 13.1. The molecule has 0 spiro atoms. The third kappa shape index (κ3) is 3.00. The SMILES string of the molecule is CC1CCC(NC2CC3CCCC(C2)N3C)C(C)C1. The van der Waals surface area contributed by atoms with Crippen LogP contribution in [0.5, 0.6) is 0 Å². The zero-order chi connectivity index (χ0) is 13.4. The van der Waals surface area contributed by atoms with Crippen LogP contribution >= 0.6 is 0 Å². The largest absolute Gasteiger partial charge is 0.311 e. The molecule has 5 unspecified atom stereocenters. The number of nitrogens with one attached hydrogen (secondary N) is 1. The van der Waals surface area contributed by atoms with E-state index >= 15 is 0 Å². The molecule has 2 saturated heterocycles. The predicted octanol–water partition coefficient (Wildman–Crippen LogP) is 3.42. The summed E-state index contributed by atoms with van der Waals surface area (Å²) in [6, 6.07) is 3.32. The van der Waals surface area contributed by atoms with Gasteiger partial charge in [0.1, 0.15) is 0 Å². The summed E-state index contributed by atoms with van der Waals surface area (Å²) in [4.78, 5) is 2.67. The Balaban J connectivity index is 1.56. The second-order valence-electron chi connectivity index (χ2n) is 7.74. The lowest BCUT2D eigenvalue weighted by molar-refractivity contribution is 0.0409. The molecule has 1 N–H and O–H groups in total. The zero-order valence-electron chi connectivity index (χ0n) is 13.1. The molecule has 2 nitrogen and oxygen atoms in total. The van der Waals surface area contributed by atoms with Gasteiger partial charge in [0.25, 0.3) is 0 Å². The Morgan fingerprint density at radius 2 is 1.58 bits per heavy atom. The van der Waals surface area contributed by atoms with Crippen molar-refractivity contribution in [3.05, 3.63) is 0 Å². The normalized spacial score (nSPS) is 48.2. The van der Waals surface area contributed by atoms with Crippen molar-refractivity contribution in [1.82, 2.24) is 10.2 Å². The average Bonchev–Trinajstić information content (AvgIpc) is 2.34. The van der Waals surface area contributed by atoms with E-state index in [4.69, 9.17) is 0 Å². The summed E-state index contributed by atoms with van der Waals surface area (Å²) >= 11 is 0. The highest BCUT2D eigenvalue weighted by Gasteiger charge is 2.37. The number of hydrogen-bond donors (Lipinski definition) is 1. The molecule has 2 heteroatoms. The van der Waals surface area contributed by atoms with Crippen molar-refractivity contribution in [3.63, 3.8) is 0 Å². The number of hydrogen-bond acceptors (Lipinski definition) is 2. The fourth-order valence-corrected chi connectivity index (χ4v) is 4.97. The molecule has 3 fully saturated rings. The average molecular weight is 264 g/mol. The first-order valence-corrected chi connectivity index (χ1v) is 8.61. The maximum absolute atomic E-state index is 4.05. The van der Waals surface area contributed by atoms with Crippen LogP contribution in [-0.2, 0) is 0 Å². The van der Waals surface area contributed by atoms with E-state index in [2.05, 4.69) is 31.1 Å².